The topological polar surface area (TPSA) is 35.2 Å². The molecule has 0 saturated heterocycles. The molecule has 48 valence electrons. The summed E-state index contributed by atoms with van der Waals surface area (Å²) in [7, 11) is 1.58. The highest BCUT2D eigenvalue weighted by atomic mass is 16.5. The van der Waals surface area contributed by atoms with Gasteiger partial charge in [0.25, 0.3) is 0 Å². The van der Waals surface area contributed by atoms with Crippen LogP contribution in [-0.4, -0.2) is 12.6 Å². The second kappa shape index (κ2) is 3.05. The molecule has 2 heteroatoms. The zero-order chi connectivity index (χ0) is 6.62. The first-order valence-electron chi connectivity index (χ1n) is 2.57. The highest BCUT2D eigenvalue weighted by molar-refractivity contribution is 4.87. The fourth-order valence-electron chi connectivity index (χ4n) is 0.328. The maximum absolute atomic E-state index is 5.58. The summed E-state index contributed by atoms with van der Waals surface area (Å²) in [6.07, 6.45) is 0.654. The van der Waals surface area contributed by atoms with Crippen LogP contribution in [0.25, 0.3) is 0 Å². The number of nitrogens with two attached hydrogens (primary N) is 1. The lowest BCUT2D eigenvalue weighted by Gasteiger charge is -2.19. The van der Waals surface area contributed by atoms with E-state index in [4.69, 9.17) is 10.5 Å². The highest BCUT2D eigenvalue weighted by Gasteiger charge is 2.14. The third kappa shape index (κ3) is 2.99. The summed E-state index contributed by atoms with van der Waals surface area (Å²) < 4.78 is 4.71. The van der Waals surface area contributed by atoms with Crippen molar-refractivity contribution < 1.29 is 4.74 Å². The third-order valence-corrected chi connectivity index (χ3v) is 0.926. The summed E-state index contributed by atoms with van der Waals surface area (Å²) in [4.78, 5) is 0. The first-order chi connectivity index (χ1) is 3.62. The zero-order valence-electron chi connectivity index (χ0n) is 5.48. The molecule has 2 radical (unpaired) electrons. The van der Waals surface area contributed by atoms with Gasteiger partial charge < -0.3 is 10.5 Å². The molecule has 0 aliphatic carbocycles. The number of hydrogen-bond acceptors (Lipinski definition) is 2. The van der Waals surface area contributed by atoms with Crippen LogP contribution < -0.4 is 5.73 Å². The van der Waals surface area contributed by atoms with Gasteiger partial charge in [-0.25, -0.2) is 0 Å². The summed E-state index contributed by atoms with van der Waals surface area (Å²) in [5.41, 5.74) is 5.22. The lowest BCUT2D eigenvalue weighted by Crippen LogP contribution is -2.36. The molecule has 0 amide bonds. The van der Waals surface area contributed by atoms with E-state index in [0.29, 0.717) is 6.42 Å². The average molecular weight is 115 g/mol. The predicted molar refractivity (Wildman–Crippen MR) is 33.9 cm³/mol. The van der Waals surface area contributed by atoms with Crippen LogP contribution in [0, 0.1) is 13.5 Å². The summed E-state index contributed by atoms with van der Waals surface area (Å²) in [5.74, 6) is 0. The maximum Gasteiger partial charge on any atom is 0.103 e. The highest BCUT2D eigenvalue weighted by Crippen LogP contribution is 2.07. The normalized spacial score (nSPS) is 18.0. The van der Waals surface area contributed by atoms with Crippen molar-refractivity contribution in [3.8, 4) is 0 Å². The first kappa shape index (κ1) is 7.92. The Morgan fingerprint density at radius 2 is 2.38 bits per heavy atom. The predicted octanol–water partition coefficient (Wildman–Crippen LogP) is 0.736. The molecule has 8 heavy (non-hydrogen) atoms. The van der Waals surface area contributed by atoms with E-state index in [1.807, 2.05) is 6.92 Å². The lowest BCUT2D eigenvalue weighted by molar-refractivity contribution is 0.216. The first-order valence-corrected chi connectivity index (χ1v) is 2.57. The van der Waals surface area contributed by atoms with Gasteiger partial charge in [0.2, 0.25) is 0 Å². The molecular formula is C6H13NO. The van der Waals surface area contributed by atoms with Crippen molar-refractivity contribution in [1.29, 1.82) is 0 Å². The van der Waals surface area contributed by atoms with Crippen molar-refractivity contribution in [2.45, 2.75) is 18.9 Å². The second-order valence-corrected chi connectivity index (χ2v) is 2.11. The minimum atomic E-state index is -0.366. The lowest BCUT2D eigenvalue weighted by atomic mass is 10.0. The van der Waals surface area contributed by atoms with Crippen molar-refractivity contribution in [2.24, 2.45) is 5.73 Å². The van der Waals surface area contributed by atoms with Gasteiger partial charge in [-0.2, -0.15) is 0 Å². The average Bonchev–Trinajstić information content (AvgIpc) is 1.67. The number of methoxy groups -OCH3 is 1. The smallest absolute Gasteiger partial charge is 0.103 e. The molecule has 0 aromatic carbocycles. The minimum Gasteiger partial charge on any atom is -0.377 e. The van der Waals surface area contributed by atoms with E-state index in [2.05, 4.69) is 6.92 Å². The molecule has 0 fully saturated rings. The van der Waals surface area contributed by atoms with E-state index in [1.54, 1.807) is 13.7 Å². The van der Waals surface area contributed by atoms with Gasteiger partial charge in [-0.05, 0) is 13.3 Å². The third-order valence-electron chi connectivity index (χ3n) is 0.926. The van der Waals surface area contributed by atoms with Gasteiger partial charge in [-0.15, -0.1) is 0 Å². The molecule has 0 aliphatic heterocycles. The molecule has 0 aromatic heterocycles. The number of hydrogen-bond donors (Lipinski definition) is 1. The molecule has 1 unspecified atom stereocenters. The molecule has 0 rings (SSSR count). The van der Waals surface area contributed by atoms with Crippen molar-refractivity contribution >= 4 is 0 Å². The Labute approximate surface area is 51.0 Å². The largest absolute Gasteiger partial charge is 0.377 e. The van der Waals surface area contributed by atoms with Gasteiger partial charge >= 0.3 is 0 Å². The van der Waals surface area contributed by atoms with Crippen LogP contribution >= 0.6 is 0 Å². The van der Waals surface area contributed by atoms with E-state index in [0.717, 1.165) is 0 Å². The Balaban J connectivity index is 3.37. The molecule has 2 N–H and O–H groups in total. The Morgan fingerprint density at radius 1 is 1.88 bits per heavy atom. The van der Waals surface area contributed by atoms with Gasteiger partial charge in [-0.1, -0.05) is 6.92 Å². The van der Waals surface area contributed by atoms with Crippen LogP contribution in [0.3, 0.4) is 0 Å². The van der Waals surface area contributed by atoms with Gasteiger partial charge in [0.1, 0.15) is 6.61 Å². The van der Waals surface area contributed by atoms with Gasteiger partial charge in [0.15, 0.2) is 0 Å². The molecular weight excluding hydrogens is 102 g/mol. The van der Waals surface area contributed by atoms with Crippen LogP contribution in [0.1, 0.15) is 13.3 Å². The number of ether oxygens (including phenoxy) is 1. The van der Waals surface area contributed by atoms with E-state index in [1.165, 1.54) is 0 Å². The Kier molecular flexibility index (Phi) is 3.02. The SMILES string of the molecule is [CH2]CC(C)(N)[CH]OC. The fraction of sp³-hybridized carbons (Fsp3) is 0.667. The summed E-state index contributed by atoms with van der Waals surface area (Å²) >= 11 is 0. The second-order valence-electron chi connectivity index (χ2n) is 2.11. The van der Waals surface area contributed by atoms with E-state index in [-0.39, 0.29) is 5.54 Å². The number of rotatable bonds is 3. The molecule has 0 aromatic rings. The molecule has 0 spiro atoms. The van der Waals surface area contributed by atoms with E-state index >= 15 is 0 Å². The molecule has 0 heterocycles. The van der Waals surface area contributed by atoms with Crippen LogP contribution in [0.15, 0.2) is 0 Å². The van der Waals surface area contributed by atoms with Crippen LogP contribution in [0.4, 0.5) is 0 Å². The molecule has 2 nitrogen and oxygen atoms in total. The molecule has 0 saturated carbocycles. The summed E-state index contributed by atoms with van der Waals surface area (Å²) in [6.45, 7) is 7.09. The minimum absolute atomic E-state index is 0.366. The van der Waals surface area contributed by atoms with E-state index in [9.17, 15) is 0 Å². The van der Waals surface area contributed by atoms with Gasteiger partial charge in [-0.3, -0.25) is 0 Å². The Morgan fingerprint density at radius 3 is 2.50 bits per heavy atom. The summed E-state index contributed by atoms with van der Waals surface area (Å²) in [5, 5.41) is 0. The maximum atomic E-state index is 5.58. The monoisotopic (exact) mass is 115 g/mol. The van der Waals surface area contributed by atoms with E-state index < -0.39 is 0 Å². The molecule has 0 bridgehead atoms. The molecule has 1 atom stereocenters. The quantitative estimate of drug-likeness (QED) is 0.588. The van der Waals surface area contributed by atoms with Crippen molar-refractivity contribution in [1.82, 2.24) is 0 Å². The summed E-state index contributed by atoms with van der Waals surface area (Å²) in [6, 6.07) is 0. The zero-order valence-corrected chi connectivity index (χ0v) is 5.48. The van der Waals surface area contributed by atoms with Crippen molar-refractivity contribution in [2.75, 3.05) is 7.11 Å². The molecule has 0 aliphatic rings. The van der Waals surface area contributed by atoms with Crippen molar-refractivity contribution in [3.63, 3.8) is 0 Å². The van der Waals surface area contributed by atoms with Crippen LogP contribution in [-0.2, 0) is 4.74 Å². The van der Waals surface area contributed by atoms with Crippen molar-refractivity contribution in [3.05, 3.63) is 13.5 Å². The van der Waals surface area contributed by atoms with Gasteiger partial charge in [0, 0.05) is 12.6 Å². The Hall–Kier alpha value is -0.0800. The fourth-order valence-corrected chi connectivity index (χ4v) is 0.328. The van der Waals surface area contributed by atoms with Crippen LogP contribution in [0.5, 0.6) is 0 Å². The standard InChI is InChI=1S/C6H13NO/c1-4-6(2,7)5-8-3/h5H,1,4,7H2,2-3H3. The van der Waals surface area contributed by atoms with Gasteiger partial charge in [0.05, 0.1) is 0 Å². The Bertz CT molecular complexity index is 61.5. The van der Waals surface area contributed by atoms with Crippen LogP contribution in [0.2, 0.25) is 0 Å².